The fourth-order valence-corrected chi connectivity index (χ4v) is 5.25. The molecule has 0 spiro atoms. The molecule has 35 heavy (non-hydrogen) atoms. The highest BCUT2D eigenvalue weighted by molar-refractivity contribution is 7.85. The lowest BCUT2D eigenvalue weighted by atomic mass is 9.92. The molecule has 2 N–H and O–H groups in total. The maximum absolute atomic E-state index is 13.5. The maximum Gasteiger partial charge on any atom is 0.429 e. The molecule has 0 bridgehead atoms. The monoisotopic (exact) mass is 519 g/mol. The van der Waals surface area contributed by atoms with Gasteiger partial charge in [-0.1, -0.05) is 0 Å². The molecule has 4 rings (SSSR count). The normalized spacial score (nSPS) is 22.8. The van der Waals surface area contributed by atoms with Crippen molar-refractivity contribution < 1.29 is 35.3 Å². The molecule has 2 aromatic rings. The third-order valence-electron chi connectivity index (χ3n) is 5.58. The van der Waals surface area contributed by atoms with Gasteiger partial charge < -0.3 is 10.6 Å². The van der Waals surface area contributed by atoms with Crippen molar-refractivity contribution in [3.63, 3.8) is 0 Å². The van der Waals surface area contributed by atoms with Gasteiger partial charge in [0.05, 0.1) is 34.4 Å². The van der Waals surface area contributed by atoms with Crippen LogP contribution in [0.4, 0.5) is 26.3 Å². The molecule has 1 fully saturated rings. The molecule has 188 valence electrons. The molecule has 1 aliphatic heterocycles. The first-order chi connectivity index (χ1) is 16.5. The van der Waals surface area contributed by atoms with E-state index >= 15 is 0 Å². The van der Waals surface area contributed by atoms with Crippen molar-refractivity contribution in [3.05, 3.63) is 53.7 Å². The Bertz CT molecular complexity index is 1180. The largest absolute Gasteiger partial charge is 0.429 e. The van der Waals surface area contributed by atoms with Crippen LogP contribution in [-0.2, 0) is 22.0 Å². The number of nitrogens with one attached hydrogen (secondary N) is 2. The number of carbonyl (C=O) groups is 1. The molecule has 0 radical (unpaired) electrons. The van der Waals surface area contributed by atoms with E-state index in [9.17, 15) is 35.3 Å². The first-order valence-corrected chi connectivity index (χ1v) is 11.6. The van der Waals surface area contributed by atoms with Crippen molar-refractivity contribution in [2.24, 2.45) is 4.99 Å². The SMILES string of the molecule is O=C(Cc1cn(C2=CNC(C(F)(F)F)N=C2)nc1C(F)F)NC1CCC1S(=O)c1ccc(F)cc1. The van der Waals surface area contributed by atoms with Crippen LogP contribution in [-0.4, -0.2) is 49.7 Å². The fraction of sp³-hybridized carbons (Fsp3) is 0.381. The molecule has 7 nitrogen and oxygen atoms in total. The van der Waals surface area contributed by atoms with Crippen LogP contribution in [0.3, 0.4) is 0 Å². The van der Waals surface area contributed by atoms with Gasteiger partial charge in [-0.2, -0.15) is 18.3 Å². The minimum Gasteiger partial charge on any atom is -0.361 e. The highest BCUT2D eigenvalue weighted by atomic mass is 32.2. The van der Waals surface area contributed by atoms with Gasteiger partial charge >= 0.3 is 6.18 Å². The van der Waals surface area contributed by atoms with Crippen LogP contribution in [0.1, 0.15) is 30.5 Å². The second kappa shape index (κ2) is 9.84. The summed E-state index contributed by atoms with van der Waals surface area (Å²) >= 11 is 0. The number of hydrogen-bond donors (Lipinski definition) is 2. The van der Waals surface area contributed by atoms with Crippen molar-refractivity contribution in [1.82, 2.24) is 20.4 Å². The predicted octanol–water partition coefficient (Wildman–Crippen LogP) is 3.32. The molecule has 1 aromatic carbocycles. The molecule has 1 amide bonds. The van der Waals surface area contributed by atoms with Gasteiger partial charge in [-0.3, -0.25) is 14.0 Å². The van der Waals surface area contributed by atoms with Gasteiger partial charge in [-0.25, -0.2) is 17.9 Å². The summed E-state index contributed by atoms with van der Waals surface area (Å²) < 4.78 is 91.9. The Kier molecular flexibility index (Phi) is 7.01. The summed E-state index contributed by atoms with van der Waals surface area (Å²) in [5, 5.41) is 8.00. The summed E-state index contributed by atoms with van der Waals surface area (Å²) in [5.74, 6) is -1.07. The lowest BCUT2D eigenvalue weighted by molar-refractivity contribution is -0.151. The van der Waals surface area contributed by atoms with E-state index in [0.29, 0.717) is 17.7 Å². The van der Waals surface area contributed by atoms with E-state index in [-0.39, 0.29) is 11.3 Å². The Hall–Kier alpha value is -3.16. The van der Waals surface area contributed by atoms with E-state index in [1.165, 1.54) is 24.3 Å². The number of aromatic nitrogens is 2. The standard InChI is InChI=1S/C21H19F6N5O2S/c22-12-1-3-14(4-2-12)35(34)16-6-5-15(16)30-17(33)7-11-10-32(31-18(11)19(23)24)13-8-28-20(29-9-13)21(25,26)27/h1-4,8-10,15-16,19-20,28H,5-7H2,(H,30,33). The molecule has 14 heteroatoms. The molecule has 4 unspecified atom stereocenters. The van der Waals surface area contributed by atoms with E-state index in [2.05, 4.69) is 15.4 Å². The van der Waals surface area contributed by atoms with Gasteiger partial charge in [-0.05, 0) is 37.1 Å². The fourth-order valence-electron chi connectivity index (χ4n) is 3.64. The number of benzene rings is 1. The number of hydrogen-bond acceptors (Lipinski definition) is 5. The lowest BCUT2D eigenvalue weighted by Crippen LogP contribution is -2.52. The first-order valence-electron chi connectivity index (χ1n) is 10.4. The highest BCUT2D eigenvalue weighted by Gasteiger charge is 2.40. The average molecular weight is 519 g/mol. The number of nitrogens with zero attached hydrogens (tertiary/aromatic N) is 3. The summed E-state index contributed by atoms with van der Waals surface area (Å²) in [4.78, 5) is 16.3. The van der Waals surface area contributed by atoms with Crippen LogP contribution in [0.5, 0.6) is 0 Å². The predicted molar refractivity (Wildman–Crippen MR) is 114 cm³/mol. The number of allylic oxidation sites excluding steroid dienone is 1. The van der Waals surface area contributed by atoms with Crippen LogP contribution in [0.2, 0.25) is 0 Å². The van der Waals surface area contributed by atoms with E-state index < -0.39 is 64.7 Å². The Morgan fingerprint density at radius 1 is 1.23 bits per heavy atom. The number of rotatable bonds is 7. The van der Waals surface area contributed by atoms with E-state index in [0.717, 1.165) is 23.3 Å². The smallest absolute Gasteiger partial charge is 0.361 e. The van der Waals surface area contributed by atoms with Gasteiger partial charge in [0, 0.05) is 28.9 Å². The molecule has 1 aliphatic carbocycles. The van der Waals surface area contributed by atoms with Crippen LogP contribution in [0, 0.1) is 5.82 Å². The van der Waals surface area contributed by atoms with Gasteiger partial charge in [-0.15, -0.1) is 0 Å². The zero-order valence-electron chi connectivity index (χ0n) is 17.8. The first kappa shape index (κ1) is 24.9. The van der Waals surface area contributed by atoms with Crippen molar-refractivity contribution in [1.29, 1.82) is 0 Å². The Balaban J connectivity index is 1.42. The maximum atomic E-state index is 13.5. The lowest BCUT2D eigenvalue weighted by Gasteiger charge is -2.36. The van der Waals surface area contributed by atoms with Crippen molar-refractivity contribution >= 4 is 28.6 Å². The summed E-state index contributed by atoms with van der Waals surface area (Å²) in [7, 11) is -1.49. The summed E-state index contributed by atoms with van der Waals surface area (Å²) in [6, 6.07) is 4.74. The molecule has 0 saturated heterocycles. The zero-order valence-corrected chi connectivity index (χ0v) is 18.6. The average Bonchev–Trinajstić information content (AvgIpc) is 3.20. The number of amides is 1. The molecule has 4 atom stereocenters. The Labute approximate surface area is 197 Å². The van der Waals surface area contributed by atoms with Crippen LogP contribution in [0.25, 0.3) is 5.70 Å². The van der Waals surface area contributed by atoms with E-state index in [1.54, 1.807) is 0 Å². The van der Waals surface area contributed by atoms with Crippen LogP contribution < -0.4 is 10.6 Å². The molecular weight excluding hydrogens is 500 g/mol. The second-order valence-electron chi connectivity index (χ2n) is 7.96. The summed E-state index contributed by atoms with van der Waals surface area (Å²) in [5.41, 5.74) is -0.819. The number of aliphatic imine (C=N–C) groups is 1. The van der Waals surface area contributed by atoms with Crippen molar-refractivity contribution in [2.45, 2.75) is 54.2 Å². The number of halogens is 6. The number of carbonyl (C=O) groups excluding carboxylic acids is 1. The molecule has 1 saturated carbocycles. The van der Waals surface area contributed by atoms with Crippen LogP contribution >= 0.6 is 0 Å². The van der Waals surface area contributed by atoms with E-state index in [1.807, 2.05) is 5.32 Å². The van der Waals surface area contributed by atoms with Crippen LogP contribution in [0.15, 0.2) is 46.6 Å². The van der Waals surface area contributed by atoms with Gasteiger partial charge in [0.25, 0.3) is 6.43 Å². The topological polar surface area (TPSA) is 88.4 Å². The summed E-state index contributed by atoms with van der Waals surface area (Å²) in [6.45, 7) is 0. The Morgan fingerprint density at radius 2 is 1.94 bits per heavy atom. The minimum absolute atomic E-state index is 0.0205. The molecular formula is C21H19F6N5O2S. The van der Waals surface area contributed by atoms with Crippen molar-refractivity contribution in [2.75, 3.05) is 0 Å². The second-order valence-corrected chi connectivity index (χ2v) is 9.63. The minimum atomic E-state index is -4.63. The highest BCUT2D eigenvalue weighted by Crippen LogP contribution is 2.30. The molecule has 2 heterocycles. The van der Waals surface area contributed by atoms with Crippen molar-refractivity contribution in [3.8, 4) is 0 Å². The number of alkyl halides is 5. The third kappa shape index (κ3) is 5.57. The van der Waals surface area contributed by atoms with E-state index in [4.69, 9.17) is 0 Å². The summed E-state index contributed by atoms with van der Waals surface area (Å²) in [6.07, 6.45) is -6.24. The molecule has 1 aromatic heterocycles. The van der Waals surface area contributed by atoms with Gasteiger partial charge in [0.15, 0.2) is 0 Å². The molecule has 2 aliphatic rings. The Morgan fingerprint density at radius 3 is 2.49 bits per heavy atom. The quantitative estimate of drug-likeness (QED) is 0.550. The van der Waals surface area contributed by atoms with Gasteiger partial charge in [0.1, 0.15) is 11.5 Å². The zero-order chi connectivity index (χ0) is 25.3. The third-order valence-corrected chi connectivity index (χ3v) is 7.43. The van der Waals surface area contributed by atoms with Gasteiger partial charge in [0.2, 0.25) is 12.1 Å².